The van der Waals surface area contributed by atoms with Crippen molar-refractivity contribution in [3.63, 3.8) is 0 Å². The van der Waals surface area contributed by atoms with Crippen molar-refractivity contribution in [1.29, 1.82) is 0 Å². The summed E-state index contributed by atoms with van der Waals surface area (Å²) >= 11 is 0. The van der Waals surface area contributed by atoms with E-state index in [1.54, 1.807) is 0 Å². The maximum Gasteiger partial charge on any atom is 0.145 e. The molecule has 0 unspecified atom stereocenters. The quantitative estimate of drug-likeness (QED) is 0.598. The Morgan fingerprint density at radius 2 is 2.60 bits per heavy atom. The van der Waals surface area contributed by atoms with E-state index in [2.05, 4.69) is 10.3 Å². The number of halogens is 1. The lowest BCUT2D eigenvalue weighted by Crippen LogP contribution is -1.98. The van der Waals surface area contributed by atoms with E-state index in [4.69, 9.17) is 0 Å². The van der Waals surface area contributed by atoms with Gasteiger partial charge in [0.25, 0.3) is 0 Å². The Balaban J connectivity index is 2.68. The van der Waals surface area contributed by atoms with Gasteiger partial charge in [0.05, 0.1) is 18.9 Å². The van der Waals surface area contributed by atoms with Crippen LogP contribution in [-0.2, 0) is 6.54 Å². The second-order valence-corrected chi connectivity index (χ2v) is 1.74. The van der Waals surface area contributed by atoms with Crippen LogP contribution < -0.4 is 0 Å². The molecule has 1 heterocycles. The molecule has 0 aliphatic carbocycles. The lowest BCUT2D eigenvalue weighted by atomic mass is 10.6. The van der Waals surface area contributed by atoms with Gasteiger partial charge in [0.1, 0.15) is 12.4 Å². The predicted octanol–water partition coefficient (Wildman–Crippen LogP) is 1.25. The summed E-state index contributed by atoms with van der Waals surface area (Å²) in [7, 11) is 0. The van der Waals surface area contributed by atoms with E-state index in [0.717, 1.165) is 0 Å². The zero-order valence-corrected chi connectivity index (χ0v) is 5.20. The third-order valence-electron chi connectivity index (χ3n) is 1.04. The van der Waals surface area contributed by atoms with Crippen LogP contribution in [0.3, 0.4) is 0 Å². The normalized spacial score (nSPS) is 9.70. The highest BCUT2D eigenvalue weighted by atomic mass is 19.1. The fraction of sp³-hybridized carbons (Fsp3) is 0.400. The maximum absolute atomic E-state index is 11.6. The van der Waals surface area contributed by atoms with E-state index in [-0.39, 0.29) is 12.2 Å². The number of nitroso groups, excluding NO2 is 1. The van der Waals surface area contributed by atoms with Crippen molar-refractivity contribution in [2.45, 2.75) is 6.54 Å². The number of hydrogen-bond donors (Lipinski definition) is 0. The summed E-state index contributed by atoms with van der Waals surface area (Å²) in [5, 5.41) is 6.28. The molecule has 0 N–H and O–H groups in total. The molecule has 1 rings (SSSR count). The zero-order valence-electron chi connectivity index (χ0n) is 5.20. The number of alkyl halides is 1. The van der Waals surface area contributed by atoms with Crippen molar-refractivity contribution in [2.75, 3.05) is 6.67 Å². The van der Waals surface area contributed by atoms with Crippen LogP contribution in [0.25, 0.3) is 0 Å². The summed E-state index contributed by atoms with van der Waals surface area (Å²) in [4.78, 5) is 9.83. The molecular formula is C5H6FN3O. The summed E-state index contributed by atoms with van der Waals surface area (Å²) in [5.41, 5.74) is 0.230. The monoisotopic (exact) mass is 143 g/mol. The number of aryl methyl sites for hydroxylation is 1. The van der Waals surface area contributed by atoms with E-state index in [0.29, 0.717) is 0 Å². The molecule has 0 atom stereocenters. The van der Waals surface area contributed by atoms with Crippen molar-refractivity contribution in [1.82, 2.24) is 9.78 Å². The Kier molecular flexibility index (Phi) is 2.09. The largest absolute Gasteiger partial charge is 0.268 e. The average Bonchev–Trinajstić information content (AvgIpc) is 2.37. The molecule has 4 nitrogen and oxygen atoms in total. The van der Waals surface area contributed by atoms with Gasteiger partial charge >= 0.3 is 0 Å². The molecule has 0 saturated heterocycles. The summed E-state index contributed by atoms with van der Waals surface area (Å²) < 4.78 is 13.0. The van der Waals surface area contributed by atoms with E-state index in [1.807, 2.05) is 0 Å². The Morgan fingerprint density at radius 1 is 1.80 bits per heavy atom. The molecule has 0 bridgehead atoms. The minimum atomic E-state index is -0.486. The van der Waals surface area contributed by atoms with Gasteiger partial charge in [-0.15, -0.1) is 4.91 Å². The highest BCUT2D eigenvalue weighted by Crippen LogP contribution is 2.07. The van der Waals surface area contributed by atoms with Crippen molar-refractivity contribution < 1.29 is 4.39 Å². The van der Waals surface area contributed by atoms with Crippen molar-refractivity contribution in [2.24, 2.45) is 5.18 Å². The van der Waals surface area contributed by atoms with E-state index in [9.17, 15) is 9.30 Å². The molecule has 0 saturated carbocycles. The molecule has 0 aliphatic heterocycles. The summed E-state index contributed by atoms with van der Waals surface area (Å²) in [6.45, 7) is -0.310. The molecule has 1 aromatic rings. The van der Waals surface area contributed by atoms with Crippen LogP contribution in [0.2, 0.25) is 0 Å². The summed E-state index contributed by atoms with van der Waals surface area (Å²) in [6, 6.07) is 0. The summed E-state index contributed by atoms with van der Waals surface area (Å²) in [6.07, 6.45) is 2.69. The minimum absolute atomic E-state index is 0.176. The second-order valence-electron chi connectivity index (χ2n) is 1.74. The van der Waals surface area contributed by atoms with Gasteiger partial charge in [0.2, 0.25) is 0 Å². The fourth-order valence-electron chi connectivity index (χ4n) is 0.609. The van der Waals surface area contributed by atoms with Crippen LogP contribution in [0.4, 0.5) is 10.1 Å². The molecule has 0 fully saturated rings. The Labute approximate surface area is 56.6 Å². The SMILES string of the molecule is O=Nc1cnn(CCF)c1. The first-order valence-corrected chi connectivity index (χ1v) is 2.78. The van der Waals surface area contributed by atoms with Crippen LogP contribution in [0.5, 0.6) is 0 Å². The van der Waals surface area contributed by atoms with Crippen LogP contribution in [0.15, 0.2) is 17.6 Å². The van der Waals surface area contributed by atoms with Crippen LogP contribution in [-0.4, -0.2) is 16.5 Å². The molecule has 54 valence electrons. The molecule has 0 aliphatic rings. The molecule has 1 aromatic heterocycles. The van der Waals surface area contributed by atoms with Crippen molar-refractivity contribution >= 4 is 5.69 Å². The molecule has 0 aromatic carbocycles. The molecule has 0 spiro atoms. The molecule has 5 heteroatoms. The standard InChI is InChI=1S/C5H6FN3O/c6-1-2-9-4-5(8-10)3-7-9/h3-4H,1-2H2. The first-order valence-electron chi connectivity index (χ1n) is 2.78. The van der Waals surface area contributed by atoms with E-state index in [1.165, 1.54) is 17.1 Å². The number of hydrogen-bond acceptors (Lipinski definition) is 3. The van der Waals surface area contributed by atoms with Gasteiger partial charge in [-0.25, -0.2) is 4.39 Å². The van der Waals surface area contributed by atoms with Crippen molar-refractivity contribution in [3.05, 3.63) is 17.3 Å². The second kappa shape index (κ2) is 3.05. The minimum Gasteiger partial charge on any atom is -0.268 e. The van der Waals surface area contributed by atoms with E-state index >= 15 is 0 Å². The van der Waals surface area contributed by atoms with Gasteiger partial charge in [-0.1, -0.05) is 0 Å². The van der Waals surface area contributed by atoms with Gasteiger partial charge in [-0.05, 0) is 5.18 Å². The Bertz CT molecular complexity index is 222. The van der Waals surface area contributed by atoms with Crippen LogP contribution in [0, 0.1) is 4.91 Å². The maximum atomic E-state index is 11.6. The molecule has 10 heavy (non-hydrogen) atoms. The van der Waals surface area contributed by atoms with E-state index < -0.39 is 6.67 Å². The Morgan fingerprint density at radius 3 is 3.10 bits per heavy atom. The van der Waals surface area contributed by atoms with Crippen molar-refractivity contribution in [3.8, 4) is 0 Å². The highest BCUT2D eigenvalue weighted by Gasteiger charge is 1.95. The van der Waals surface area contributed by atoms with Gasteiger partial charge in [0.15, 0.2) is 0 Å². The lowest BCUT2D eigenvalue weighted by molar-refractivity contribution is 0.427. The van der Waals surface area contributed by atoms with Gasteiger partial charge in [0, 0.05) is 0 Å². The number of aromatic nitrogens is 2. The average molecular weight is 143 g/mol. The molecular weight excluding hydrogens is 137 g/mol. The molecule has 0 radical (unpaired) electrons. The zero-order chi connectivity index (χ0) is 7.40. The topological polar surface area (TPSA) is 47.2 Å². The summed E-state index contributed by atoms with van der Waals surface area (Å²) in [5.74, 6) is 0. The third kappa shape index (κ3) is 1.37. The lowest BCUT2D eigenvalue weighted by Gasteiger charge is -1.91. The number of nitrogens with zero attached hydrogens (tertiary/aromatic N) is 3. The first kappa shape index (κ1) is 6.85. The van der Waals surface area contributed by atoms with Crippen LogP contribution >= 0.6 is 0 Å². The Hall–Kier alpha value is -1.26. The highest BCUT2D eigenvalue weighted by molar-refractivity contribution is 5.29. The first-order chi connectivity index (χ1) is 4.86. The van der Waals surface area contributed by atoms with Crippen LogP contribution in [0.1, 0.15) is 0 Å². The van der Waals surface area contributed by atoms with Gasteiger partial charge in [-0.3, -0.25) is 4.68 Å². The fourth-order valence-corrected chi connectivity index (χ4v) is 0.609. The third-order valence-corrected chi connectivity index (χ3v) is 1.04. The predicted molar refractivity (Wildman–Crippen MR) is 33.7 cm³/mol. The smallest absolute Gasteiger partial charge is 0.145 e. The van der Waals surface area contributed by atoms with Gasteiger partial charge in [-0.2, -0.15) is 5.10 Å². The number of rotatable bonds is 3. The molecule has 0 amide bonds. The van der Waals surface area contributed by atoms with Gasteiger partial charge < -0.3 is 0 Å².